The lowest BCUT2D eigenvalue weighted by molar-refractivity contribution is -0.0498. The summed E-state index contributed by atoms with van der Waals surface area (Å²) in [4.78, 5) is 12.9. The SMILES string of the molecule is CCC1C(=N)N(C=N)c2cnc(Nc3ccc(OC(F)F)cc3)nc2N1C1CCCC1. The average Bonchev–Trinajstić information content (AvgIpc) is 3.28. The molecule has 1 fully saturated rings. The maximum Gasteiger partial charge on any atom is 0.387 e. The number of rotatable bonds is 7. The van der Waals surface area contributed by atoms with E-state index in [1.807, 2.05) is 6.92 Å². The molecule has 164 valence electrons. The van der Waals surface area contributed by atoms with Crippen molar-refractivity contribution in [3.05, 3.63) is 30.5 Å². The number of hydrogen-bond donors (Lipinski definition) is 3. The van der Waals surface area contributed by atoms with Gasteiger partial charge in [-0.15, -0.1) is 0 Å². The minimum absolute atomic E-state index is 0.0743. The number of benzene rings is 1. The van der Waals surface area contributed by atoms with Crippen LogP contribution in [-0.4, -0.2) is 40.8 Å². The molecule has 1 aliphatic carbocycles. The van der Waals surface area contributed by atoms with Gasteiger partial charge in [0.25, 0.3) is 0 Å². The van der Waals surface area contributed by atoms with E-state index < -0.39 is 6.61 Å². The van der Waals surface area contributed by atoms with E-state index in [9.17, 15) is 8.78 Å². The van der Waals surface area contributed by atoms with Crippen molar-refractivity contribution >= 4 is 35.3 Å². The third-order valence-electron chi connectivity index (χ3n) is 5.73. The number of ether oxygens (including phenoxy) is 1. The summed E-state index contributed by atoms with van der Waals surface area (Å²) in [6.07, 6.45) is 7.88. The molecule has 1 atom stereocenters. The van der Waals surface area contributed by atoms with Crippen molar-refractivity contribution in [1.29, 1.82) is 10.8 Å². The van der Waals surface area contributed by atoms with Gasteiger partial charge in [-0.2, -0.15) is 13.8 Å². The van der Waals surface area contributed by atoms with Crippen LogP contribution < -0.4 is 19.9 Å². The monoisotopic (exact) mass is 429 g/mol. The third-order valence-corrected chi connectivity index (χ3v) is 5.73. The molecular weight excluding hydrogens is 404 g/mol. The smallest absolute Gasteiger partial charge is 0.387 e. The van der Waals surface area contributed by atoms with Crippen LogP contribution >= 0.6 is 0 Å². The van der Waals surface area contributed by atoms with Crippen molar-refractivity contribution in [2.24, 2.45) is 0 Å². The minimum atomic E-state index is -2.87. The average molecular weight is 429 g/mol. The third kappa shape index (κ3) is 4.14. The normalized spacial score (nSPS) is 19.0. The van der Waals surface area contributed by atoms with Gasteiger partial charge in [0, 0.05) is 11.7 Å². The summed E-state index contributed by atoms with van der Waals surface area (Å²) in [6, 6.07) is 6.26. The van der Waals surface area contributed by atoms with Gasteiger partial charge in [0.2, 0.25) is 5.95 Å². The van der Waals surface area contributed by atoms with Crippen LogP contribution in [0.4, 0.5) is 31.9 Å². The van der Waals surface area contributed by atoms with Crippen LogP contribution in [0.15, 0.2) is 30.5 Å². The summed E-state index contributed by atoms with van der Waals surface area (Å²) in [5, 5.41) is 19.5. The van der Waals surface area contributed by atoms with Crippen LogP contribution in [0.5, 0.6) is 5.75 Å². The molecule has 1 saturated carbocycles. The Bertz CT molecular complexity index is 947. The lowest BCUT2D eigenvalue weighted by Gasteiger charge is -2.44. The summed E-state index contributed by atoms with van der Waals surface area (Å²) in [5.74, 6) is 1.49. The molecule has 1 aromatic heterocycles. The van der Waals surface area contributed by atoms with Crippen molar-refractivity contribution in [3.63, 3.8) is 0 Å². The van der Waals surface area contributed by atoms with Gasteiger partial charge in [-0.1, -0.05) is 19.8 Å². The molecule has 0 radical (unpaired) electrons. The lowest BCUT2D eigenvalue weighted by atomic mass is 10.0. The maximum atomic E-state index is 12.3. The molecule has 2 heterocycles. The molecule has 8 nitrogen and oxygen atoms in total. The van der Waals surface area contributed by atoms with E-state index >= 15 is 0 Å². The summed E-state index contributed by atoms with van der Waals surface area (Å²) in [5.41, 5.74) is 1.25. The Hall–Kier alpha value is -3.30. The fourth-order valence-corrected chi connectivity index (χ4v) is 4.34. The minimum Gasteiger partial charge on any atom is -0.435 e. The van der Waals surface area contributed by atoms with Gasteiger partial charge in [0.05, 0.1) is 18.6 Å². The Morgan fingerprint density at radius 1 is 1.26 bits per heavy atom. The topological polar surface area (TPSA) is 101 Å². The Morgan fingerprint density at radius 3 is 2.58 bits per heavy atom. The van der Waals surface area contributed by atoms with Gasteiger partial charge in [-0.05, 0) is 43.5 Å². The number of alkyl halides is 2. The Morgan fingerprint density at radius 2 is 1.97 bits per heavy atom. The molecule has 0 spiro atoms. The quantitative estimate of drug-likeness (QED) is 0.434. The first kappa shape index (κ1) is 21.0. The molecule has 0 amide bonds. The number of nitrogens with one attached hydrogen (secondary N) is 3. The summed E-state index contributed by atoms with van der Waals surface area (Å²) in [6.45, 7) is -0.830. The van der Waals surface area contributed by atoms with Crippen molar-refractivity contribution in [2.45, 2.75) is 57.7 Å². The zero-order chi connectivity index (χ0) is 22.0. The number of anilines is 4. The molecule has 31 heavy (non-hydrogen) atoms. The van der Waals surface area contributed by atoms with E-state index in [4.69, 9.17) is 15.8 Å². The molecule has 3 N–H and O–H groups in total. The first-order valence-corrected chi connectivity index (χ1v) is 10.4. The van der Waals surface area contributed by atoms with Crippen molar-refractivity contribution in [3.8, 4) is 5.75 Å². The van der Waals surface area contributed by atoms with Crippen LogP contribution in [-0.2, 0) is 0 Å². The zero-order valence-electron chi connectivity index (χ0n) is 17.2. The highest BCUT2D eigenvalue weighted by atomic mass is 19.3. The molecule has 1 aliphatic heterocycles. The van der Waals surface area contributed by atoms with Gasteiger partial charge >= 0.3 is 6.61 Å². The Kier molecular flexibility index (Phi) is 5.97. The predicted molar refractivity (Wildman–Crippen MR) is 116 cm³/mol. The second-order valence-corrected chi connectivity index (χ2v) is 7.58. The highest BCUT2D eigenvalue weighted by Gasteiger charge is 2.40. The number of hydrogen-bond acceptors (Lipinski definition) is 7. The fraction of sp³-hybridized carbons (Fsp3) is 0.429. The standard InChI is InChI=1S/C21H25F2N7O/c1-2-16-18(25)29(12-24)17-11-26-21(28-19(17)30(16)14-5-3-4-6-14)27-13-7-9-15(10-8-13)31-20(22)23/h7-12,14,16,20,24-25H,2-6H2,1H3,(H,26,27,28). The van der Waals surface area contributed by atoms with E-state index in [1.54, 1.807) is 18.3 Å². The van der Waals surface area contributed by atoms with Crippen LogP contribution in [0, 0.1) is 10.8 Å². The molecule has 10 heteroatoms. The van der Waals surface area contributed by atoms with E-state index in [2.05, 4.69) is 19.9 Å². The number of fused-ring (bicyclic) bond motifs is 1. The highest BCUT2D eigenvalue weighted by Crippen LogP contribution is 2.40. The van der Waals surface area contributed by atoms with Crippen LogP contribution in [0.3, 0.4) is 0 Å². The summed E-state index contributed by atoms with van der Waals surface area (Å²) >= 11 is 0. The fourth-order valence-electron chi connectivity index (χ4n) is 4.34. The zero-order valence-corrected chi connectivity index (χ0v) is 17.2. The highest BCUT2D eigenvalue weighted by molar-refractivity contribution is 6.16. The second kappa shape index (κ2) is 8.83. The molecular formula is C21H25F2N7O. The Balaban J connectivity index is 1.66. The number of nitrogens with zero attached hydrogens (tertiary/aromatic N) is 4. The van der Waals surface area contributed by atoms with Gasteiger partial charge < -0.3 is 15.0 Å². The number of amidine groups is 1. The van der Waals surface area contributed by atoms with Crippen LogP contribution in [0.25, 0.3) is 0 Å². The molecule has 1 unspecified atom stereocenters. The number of halogens is 2. The summed E-state index contributed by atoms with van der Waals surface area (Å²) in [7, 11) is 0. The van der Waals surface area contributed by atoms with Crippen molar-refractivity contribution < 1.29 is 13.5 Å². The largest absolute Gasteiger partial charge is 0.435 e. The second-order valence-electron chi connectivity index (χ2n) is 7.58. The van der Waals surface area contributed by atoms with Crippen LogP contribution in [0.1, 0.15) is 39.0 Å². The Labute approximate surface area is 179 Å². The van der Waals surface area contributed by atoms with Gasteiger partial charge in [0.15, 0.2) is 5.82 Å². The molecule has 2 aliphatic rings. The van der Waals surface area contributed by atoms with Gasteiger partial charge in [-0.3, -0.25) is 15.7 Å². The van der Waals surface area contributed by atoms with Crippen molar-refractivity contribution in [1.82, 2.24) is 9.97 Å². The predicted octanol–water partition coefficient (Wildman–Crippen LogP) is 4.75. The van der Waals surface area contributed by atoms with Crippen molar-refractivity contribution in [2.75, 3.05) is 15.1 Å². The van der Waals surface area contributed by atoms with Gasteiger partial charge in [0.1, 0.15) is 17.3 Å². The number of aromatic nitrogens is 2. The van der Waals surface area contributed by atoms with E-state index in [0.717, 1.165) is 38.4 Å². The maximum absolute atomic E-state index is 12.3. The molecule has 0 saturated heterocycles. The first-order valence-electron chi connectivity index (χ1n) is 10.4. The molecule has 4 rings (SSSR count). The lowest BCUT2D eigenvalue weighted by Crippen LogP contribution is -2.56. The molecule has 1 aromatic carbocycles. The van der Waals surface area contributed by atoms with Gasteiger partial charge in [-0.25, -0.2) is 4.98 Å². The first-order chi connectivity index (χ1) is 15.0. The summed E-state index contributed by atoms with van der Waals surface area (Å²) < 4.78 is 29.1. The van der Waals surface area contributed by atoms with Crippen LogP contribution in [0.2, 0.25) is 0 Å². The van der Waals surface area contributed by atoms with E-state index in [-0.39, 0.29) is 11.8 Å². The molecule has 0 bridgehead atoms. The van der Waals surface area contributed by atoms with E-state index in [0.29, 0.717) is 35.0 Å². The molecule has 2 aromatic rings. The van der Waals surface area contributed by atoms with E-state index in [1.165, 1.54) is 17.0 Å².